The minimum absolute atomic E-state index is 0.0523. The molecule has 0 radical (unpaired) electrons. The van der Waals surface area contributed by atoms with Gasteiger partial charge in [-0.2, -0.15) is 0 Å². The quantitative estimate of drug-likeness (QED) is 0.295. The maximum absolute atomic E-state index is 14.6. The van der Waals surface area contributed by atoms with Gasteiger partial charge in [-0.3, -0.25) is 0 Å². The van der Waals surface area contributed by atoms with E-state index < -0.39 is 21.7 Å². The van der Waals surface area contributed by atoms with Gasteiger partial charge in [0.15, 0.2) is 17.2 Å². The Hall–Kier alpha value is -3.98. The molecule has 3 heterocycles. The van der Waals surface area contributed by atoms with Crippen LogP contribution in [0.25, 0.3) is 33.5 Å². The fourth-order valence-corrected chi connectivity index (χ4v) is 5.32. The number of ether oxygens (including phenoxy) is 1. The Bertz CT molecular complexity index is 1690. The summed E-state index contributed by atoms with van der Waals surface area (Å²) in [5.41, 5.74) is 1.87. The standard InChI is InChI=1S/C26H20F2N2O4S/c1-15-4-7-19(8-5-15)35(31,32)30-14-22(20-11-18(27)12-23(28)25(20)33-3)21-10-17(13-29-26(21)30)24-9-6-16(2)34-24/h4-14H,1-3H3. The van der Waals surface area contributed by atoms with E-state index in [1.54, 1.807) is 37.3 Å². The van der Waals surface area contributed by atoms with Crippen LogP contribution in [0.4, 0.5) is 8.78 Å². The van der Waals surface area contributed by atoms with Crippen LogP contribution in [0.15, 0.2) is 76.3 Å². The average molecular weight is 495 g/mol. The van der Waals surface area contributed by atoms with Crippen molar-refractivity contribution in [2.24, 2.45) is 0 Å². The first-order valence-corrected chi connectivity index (χ1v) is 12.1. The van der Waals surface area contributed by atoms with Crippen LogP contribution in [0, 0.1) is 25.5 Å². The van der Waals surface area contributed by atoms with Crippen molar-refractivity contribution in [3.05, 3.63) is 89.9 Å². The predicted octanol–water partition coefficient (Wildman–Crippen LogP) is 6.10. The molecule has 0 spiro atoms. The van der Waals surface area contributed by atoms with E-state index in [1.807, 2.05) is 6.92 Å². The van der Waals surface area contributed by atoms with E-state index in [2.05, 4.69) is 4.98 Å². The highest BCUT2D eigenvalue weighted by atomic mass is 32.2. The molecule has 0 unspecified atom stereocenters. The molecule has 0 bridgehead atoms. The smallest absolute Gasteiger partial charge is 0.269 e. The van der Waals surface area contributed by atoms with E-state index in [4.69, 9.17) is 9.15 Å². The summed E-state index contributed by atoms with van der Waals surface area (Å²) >= 11 is 0. The molecular formula is C26H20F2N2O4S. The highest BCUT2D eigenvalue weighted by Gasteiger charge is 2.26. The maximum atomic E-state index is 14.6. The van der Waals surface area contributed by atoms with Gasteiger partial charge in [0.05, 0.1) is 12.0 Å². The van der Waals surface area contributed by atoms with Crippen molar-refractivity contribution in [3.63, 3.8) is 0 Å². The number of hydrogen-bond acceptors (Lipinski definition) is 5. The molecule has 0 atom stereocenters. The minimum Gasteiger partial charge on any atom is -0.493 e. The molecule has 5 rings (SSSR count). The third-order valence-corrected chi connectivity index (χ3v) is 7.38. The Morgan fingerprint density at radius 3 is 2.37 bits per heavy atom. The van der Waals surface area contributed by atoms with Crippen LogP contribution in [0.1, 0.15) is 11.3 Å². The molecule has 0 saturated carbocycles. The summed E-state index contributed by atoms with van der Waals surface area (Å²) in [6.07, 6.45) is 2.80. The van der Waals surface area contributed by atoms with Gasteiger partial charge >= 0.3 is 0 Å². The Morgan fingerprint density at radius 1 is 0.971 bits per heavy atom. The molecule has 178 valence electrons. The number of pyridine rings is 1. The van der Waals surface area contributed by atoms with Crippen LogP contribution in [0.3, 0.4) is 0 Å². The average Bonchev–Trinajstić information content (AvgIpc) is 3.42. The van der Waals surface area contributed by atoms with Gasteiger partial charge in [-0.15, -0.1) is 0 Å². The van der Waals surface area contributed by atoms with E-state index in [1.165, 1.54) is 31.6 Å². The van der Waals surface area contributed by atoms with Crippen molar-refractivity contribution in [3.8, 4) is 28.2 Å². The number of halogens is 2. The number of methoxy groups -OCH3 is 1. The first kappa shape index (κ1) is 22.8. The second-order valence-corrected chi connectivity index (χ2v) is 9.95. The molecule has 3 aromatic heterocycles. The summed E-state index contributed by atoms with van der Waals surface area (Å²) in [5, 5.41) is 0.357. The van der Waals surface area contributed by atoms with Gasteiger partial charge in [-0.1, -0.05) is 17.7 Å². The summed E-state index contributed by atoms with van der Waals surface area (Å²) in [4.78, 5) is 4.47. The van der Waals surface area contributed by atoms with Gasteiger partial charge in [0.2, 0.25) is 0 Å². The Labute approximate surface area is 200 Å². The number of aryl methyl sites for hydroxylation is 2. The lowest BCUT2D eigenvalue weighted by atomic mass is 10.0. The normalized spacial score (nSPS) is 11.8. The van der Waals surface area contributed by atoms with Gasteiger partial charge in [-0.25, -0.2) is 26.2 Å². The molecule has 9 heteroatoms. The van der Waals surface area contributed by atoms with Crippen molar-refractivity contribution in [1.29, 1.82) is 0 Å². The van der Waals surface area contributed by atoms with E-state index in [-0.39, 0.29) is 27.4 Å². The zero-order valence-corrected chi connectivity index (χ0v) is 19.9. The summed E-state index contributed by atoms with van der Waals surface area (Å²) < 4.78 is 67.9. The molecule has 0 aliphatic carbocycles. The Balaban J connectivity index is 1.83. The highest BCUT2D eigenvalue weighted by Crippen LogP contribution is 2.40. The van der Waals surface area contributed by atoms with Crippen LogP contribution in [-0.2, 0) is 10.0 Å². The zero-order chi connectivity index (χ0) is 24.9. The summed E-state index contributed by atoms with van der Waals surface area (Å²) in [5.74, 6) is -0.734. The fourth-order valence-electron chi connectivity index (χ4n) is 3.99. The molecule has 0 amide bonds. The largest absolute Gasteiger partial charge is 0.493 e. The third-order valence-electron chi connectivity index (χ3n) is 5.72. The van der Waals surface area contributed by atoms with Crippen LogP contribution < -0.4 is 4.74 Å². The molecule has 0 N–H and O–H groups in total. The maximum Gasteiger partial charge on any atom is 0.269 e. The molecule has 0 fully saturated rings. The lowest BCUT2D eigenvalue weighted by Gasteiger charge is -2.09. The van der Waals surface area contributed by atoms with Crippen LogP contribution >= 0.6 is 0 Å². The van der Waals surface area contributed by atoms with Crippen LogP contribution in [0.5, 0.6) is 5.75 Å². The number of furan rings is 1. The number of aromatic nitrogens is 2. The van der Waals surface area contributed by atoms with Gasteiger partial charge in [0.1, 0.15) is 17.3 Å². The number of nitrogens with zero attached hydrogens (tertiary/aromatic N) is 2. The summed E-state index contributed by atoms with van der Waals surface area (Å²) in [7, 11) is -2.82. The van der Waals surface area contributed by atoms with E-state index >= 15 is 0 Å². The molecule has 5 aromatic rings. The minimum atomic E-state index is -4.08. The van der Waals surface area contributed by atoms with Crippen LogP contribution in [-0.4, -0.2) is 24.5 Å². The van der Waals surface area contributed by atoms with Gasteiger partial charge in [0, 0.05) is 40.5 Å². The van der Waals surface area contributed by atoms with Crippen molar-refractivity contribution in [1.82, 2.24) is 8.96 Å². The Morgan fingerprint density at radius 2 is 1.71 bits per heavy atom. The molecular weight excluding hydrogens is 474 g/mol. The number of rotatable bonds is 5. The van der Waals surface area contributed by atoms with Crippen molar-refractivity contribution < 1.29 is 26.4 Å². The Kier molecular flexibility index (Phi) is 5.44. The van der Waals surface area contributed by atoms with E-state index in [0.717, 1.165) is 15.6 Å². The monoisotopic (exact) mass is 494 g/mol. The highest BCUT2D eigenvalue weighted by molar-refractivity contribution is 7.90. The molecule has 0 aliphatic rings. The fraction of sp³-hybridized carbons (Fsp3) is 0.115. The first-order chi connectivity index (χ1) is 16.7. The van der Waals surface area contributed by atoms with Crippen LogP contribution in [0.2, 0.25) is 0 Å². The molecule has 35 heavy (non-hydrogen) atoms. The first-order valence-electron chi connectivity index (χ1n) is 10.6. The number of hydrogen-bond donors (Lipinski definition) is 0. The summed E-state index contributed by atoms with van der Waals surface area (Å²) in [6.45, 7) is 3.65. The van der Waals surface area contributed by atoms with Gasteiger partial charge in [0.25, 0.3) is 10.0 Å². The SMILES string of the molecule is COc1c(F)cc(F)cc1-c1cn(S(=O)(=O)c2ccc(C)cc2)c2ncc(-c3ccc(C)o3)cc12. The van der Waals surface area contributed by atoms with Gasteiger partial charge < -0.3 is 9.15 Å². The van der Waals surface area contributed by atoms with Crippen molar-refractivity contribution in [2.75, 3.05) is 7.11 Å². The molecule has 6 nitrogen and oxygen atoms in total. The van der Waals surface area contributed by atoms with Crippen molar-refractivity contribution >= 4 is 21.1 Å². The topological polar surface area (TPSA) is 74.3 Å². The molecule has 2 aromatic carbocycles. The lowest BCUT2D eigenvalue weighted by Crippen LogP contribution is -2.12. The predicted molar refractivity (Wildman–Crippen MR) is 128 cm³/mol. The summed E-state index contributed by atoms with van der Waals surface area (Å²) in [6, 6.07) is 13.4. The third kappa shape index (κ3) is 3.87. The number of benzene rings is 2. The second kappa shape index (κ2) is 8.35. The van der Waals surface area contributed by atoms with Gasteiger partial charge in [-0.05, 0) is 50.2 Å². The van der Waals surface area contributed by atoms with Crippen molar-refractivity contribution in [2.45, 2.75) is 18.7 Å². The number of fused-ring (bicyclic) bond motifs is 1. The molecule has 0 saturated heterocycles. The van der Waals surface area contributed by atoms with E-state index in [0.29, 0.717) is 28.5 Å². The second-order valence-electron chi connectivity index (χ2n) is 8.13. The van der Waals surface area contributed by atoms with E-state index in [9.17, 15) is 17.2 Å². The zero-order valence-electron chi connectivity index (χ0n) is 19.0. The molecule has 0 aliphatic heterocycles. The lowest BCUT2D eigenvalue weighted by molar-refractivity contribution is 0.386.